The van der Waals surface area contributed by atoms with Gasteiger partial charge in [-0.15, -0.1) is 0 Å². The largest absolute Gasteiger partial charge is 0.332 e. The molecule has 2 aromatic carbocycles. The highest BCUT2D eigenvalue weighted by atomic mass is 19.1. The Bertz CT molecular complexity index is 890. The Kier molecular flexibility index (Phi) is 4.52. The van der Waals surface area contributed by atoms with Crippen molar-refractivity contribution in [3.63, 3.8) is 0 Å². The minimum absolute atomic E-state index is 0.00744. The van der Waals surface area contributed by atoms with Crippen LogP contribution < -0.4 is 0 Å². The molecule has 0 bridgehead atoms. The van der Waals surface area contributed by atoms with Crippen molar-refractivity contribution in [3.05, 3.63) is 83.9 Å². The third kappa shape index (κ3) is 3.25. The van der Waals surface area contributed by atoms with E-state index < -0.39 is 0 Å². The Balaban J connectivity index is 1.63. The van der Waals surface area contributed by atoms with Crippen molar-refractivity contribution in [3.8, 4) is 5.69 Å². The van der Waals surface area contributed by atoms with Gasteiger partial charge in [-0.3, -0.25) is 4.79 Å². The monoisotopic (exact) mass is 349 g/mol. The Hall–Kier alpha value is -2.95. The summed E-state index contributed by atoms with van der Waals surface area (Å²) in [6, 6.07) is 15.8. The van der Waals surface area contributed by atoms with Gasteiger partial charge in [0.2, 0.25) is 0 Å². The molecule has 0 spiro atoms. The Labute approximate surface area is 151 Å². The maximum absolute atomic E-state index is 13.3. The molecule has 3 aromatic rings. The second-order valence-electron chi connectivity index (χ2n) is 6.56. The van der Waals surface area contributed by atoms with Crippen molar-refractivity contribution >= 4 is 5.91 Å². The molecule has 132 valence electrons. The van der Waals surface area contributed by atoms with Gasteiger partial charge in [-0.25, -0.2) is 9.07 Å². The summed E-state index contributed by atoms with van der Waals surface area (Å²) < 4.78 is 15.0. The number of halogens is 1. The molecule has 0 unspecified atom stereocenters. The fraction of sp³-hybridized carbons (Fsp3) is 0.238. The summed E-state index contributed by atoms with van der Waals surface area (Å²) in [5.41, 5.74) is 2.49. The summed E-state index contributed by atoms with van der Waals surface area (Å²) >= 11 is 0. The van der Waals surface area contributed by atoms with Crippen LogP contribution in [0, 0.1) is 5.82 Å². The molecule has 26 heavy (non-hydrogen) atoms. The summed E-state index contributed by atoms with van der Waals surface area (Å²) in [6.45, 7) is 0.715. The summed E-state index contributed by atoms with van der Waals surface area (Å²) in [4.78, 5) is 15.1. The first-order chi connectivity index (χ1) is 12.7. The van der Waals surface area contributed by atoms with Crippen LogP contribution in [0.4, 0.5) is 4.39 Å². The van der Waals surface area contributed by atoms with E-state index in [2.05, 4.69) is 5.10 Å². The highest BCUT2D eigenvalue weighted by molar-refractivity contribution is 5.95. The van der Waals surface area contributed by atoms with Crippen molar-refractivity contribution < 1.29 is 9.18 Å². The minimum atomic E-state index is -0.255. The molecule has 1 aliphatic rings. The van der Waals surface area contributed by atoms with Gasteiger partial charge < -0.3 is 4.90 Å². The number of hydrogen-bond donors (Lipinski definition) is 0. The van der Waals surface area contributed by atoms with E-state index >= 15 is 0 Å². The Morgan fingerprint density at radius 3 is 2.69 bits per heavy atom. The average Bonchev–Trinajstić information content (AvgIpc) is 3.23. The van der Waals surface area contributed by atoms with Crippen molar-refractivity contribution in [1.82, 2.24) is 14.7 Å². The van der Waals surface area contributed by atoms with Gasteiger partial charge in [-0.1, -0.05) is 18.2 Å². The lowest BCUT2D eigenvalue weighted by atomic mass is 9.94. The summed E-state index contributed by atoms with van der Waals surface area (Å²) in [5.74, 6) is -0.248. The van der Waals surface area contributed by atoms with E-state index in [4.69, 9.17) is 0 Å². The van der Waals surface area contributed by atoms with E-state index in [1.165, 1.54) is 12.1 Å². The number of hydrogen-bond acceptors (Lipinski definition) is 2. The molecule has 0 radical (unpaired) electrons. The molecule has 1 aliphatic heterocycles. The van der Waals surface area contributed by atoms with Gasteiger partial charge in [0, 0.05) is 24.5 Å². The third-order valence-electron chi connectivity index (χ3n) is 4.88. The topological polar surface area (TPSA) is 38.1 Å². The fourth-order valence-electron chi connectivity index (χ4n) is 3.57. The number of carbonyl (C=O) groups is 1. The number of likely N-dealkylation sites (tertiary alicyclic amines) is 1. The van der Waals surface area contributed by atoms with E-state index in [0.717, 1.165) is 30.5 Å². The SMILES string of the molecule is O=C(c1cccc(-n2cccn2)c1)N1CCCC[C@@H]1c1ccc(F)cc1. The maximum atomic E-state index is 13.3. The number of aromatic nitrogens is 2. The first kappa shape index (κ1) is 16.5. The molecule has 0 saturated carbocycles. The van der Waals surface area contributed by atoms with Crippen LogP contribution in [0.1, 0.15) is 41.2 Å². The highest BCUT2D eigenvalue weighted by Gasteiger charge is 2.28. The maximum Gasteiger partial charge on any atom is 0.254 e. The average molecular weight is 349 g/mol. The van der Waals surface area contributed by atoms with Gasteiger partial charge in [-0.05, 0) is 61.2 Å². The van der Waals surface area contributed by atoms with Gasteiger partial charge >= 0.3 is 0 Å². The zero-order valence-corrected chi connectivity index (χ0v) is 14.4. The summed E-state index contributed by atoms with van der Waals surface area (Å²) in [5, 5.41) is 4.23. The molecule has 0 aliphatic carbocycles. The molecular formula is C21H20FN3O. The lowest BCUT2D eigenvalue weighted by Crippen LogP contribution is -2.38. The first-order valence-electron chi connectivity index (χ1n) is 8.89. The smallest absolute Gasteiger partial charge is 0.254 e. The number of rotatable bonds is 3. The van der Waals surface area contributed by atoms with Crippen LogP contribution in [-0.4, -0.2) is 27.1 Å². The van der Waals surface area contributed by atoms with Gasteiger partial charge in [0.1, 0.15) is 5.82 Å². The van der Waals surface area contributed by atoms with Crippen molar-refractivity contribution in [2.75, 3.05) is 6.54 Å². The number of benzene rings is 2. The van der Waals surface area contributed by atoms with Crippen LogP contribution in [0.3, 0.4) is 0 Å². The lowest BCUT2D eigenvalue weighted by Gasteiger charge is -2.36. The number of carbonyl (C=O) groups excluding carboxylic acids is 1. The molecule has 1 fully saturated rings. The van der Waals surface area contributed by atoms with Crippen LogP contribution >= 0.6 is 0 Å². The van der Waals surface area contributed by atoms with Crippen LogP contribution in [0.25, 0.3) is 5.69 Å². The second-order valence-corrected chi connectivity index (χ2v) is 6.56. The van der Waals surface area contributed by atoms with Crippen molar-refractivity contribution in [1.29, 1.82) is 0 Å². The van der Waals surface area contributed by atoms with Crippen LogP contribution in [0.15, 0.2) is 67.0 Å². The van der Waals surface area contributed by atoms with Gasteiger partial charge in [0.25, 0.3) is 5.91 Å². The Morgan fingerprint density at radius 1 is 1.08 bits per heavy atom. The minimum Gasteiger partial charge on any atom is -0.332 e. The Morgan fingerprint density at radius 2 is 1.92 bits per heavy atom. The molecule has 0 N–H and O–H groups in total. The molecule has 1 saturated heterocycles. The second kappa shape index (κ2) is 7.12. The lowest BCUT2D eigenvalue weighted by molar-refractivity contribution is 0.0611. The van der Waals surface area contributed by atoms with Gasteiger partial charge in [-0.2, -0.15) is 5.10 Å². The van der Waals surface area contributed by atoms with E-state index in [-0.39, 0.29) is 17.8 Å². The first-order valence-corrected chi connectivity index (χ1v) is 8.89. The summed E-state index contributed by atoms with van der Waals surface area (Å²) in [7, 11) is 0. The van der Waals surface area contributed by atoms with Crippen molar-refractivity contribution in [2.45, 2.75) is 25.3 Å². The van der Waals surface area contributed by atoms with E-state index in [0.29, 0.717) is 12.1 Å². The predicted octanol–water partition coefficient (Wildman–Crippen LogP) is 4.38. The summed E-state index contributed by atoms with van der Waals surface area (Å²) in [6.07, 6.45) is 6.52. The van der Waals surface area contributed by atoms with Crippen LogP contribution in [0.2, 0.25) is 0 Å². The number of nitrogens with zero attached hydrogens (tertiary/aromatic N) is 3. The van der Waals surface area contributed by atoms with E-state index in [9.17, 15) is 9.18 Å². The van der Waals surface area contributed by atoms with E-state index in [1.807, 2.05) is 41.4 Å². The molecule has 4 nitrogen and oxygen atoms in total. The van der Waals surface area contributed by atoms with Gasteiger partial charge in [0.15, 0.2) is 0 Å². The van der Waals surface area contributed by atoms with E-state index in [1.54, 1.807) is 23.0 Å². The zero-order chi connectivity index (χ0) is 17.9. The molecule has 4 rings (SSSR count). The number of piperidine rings is 1. The van der Waals surface area contributed by atoms with Gasteiger partial charge in [0.05, 0.1) is 11.7 Å². The fourth-order valence-corrected chi connectivity index (χ4v) is 3.57. The molecular weight excluding hydrogens is 329 g/mol. The van der Waals surface area contributed by atoms with Crippen LogP contribution in [0.5, 0.6) is 0 Å². The molecule has 5 heteroatoms. The molecule has 1 amide bonds. The predicted molar refractivity (Wildman–Crippen MR) is 97.6 cm³/mol. The van der Waals surface area contributed by atoms with Crippen LogP contribution in [-0.2, 0) is 0 Å². The molecule has 1 atom stereocenters. The quantitative estimate of drug-likeness (QED) is 0.704. The standard InChI is InChI=1S/C21H20FN3O/c22-18-10-8-16(9-11-18)20-7-1-2-13-24(20)21(26)17-5-3-6-19(15-17)25-14-4-12-23-25/h3-6,8-12,14-15,20H,1-2,7,13H2/t20-/m1/s1. The normalized spacial score (nSPS) is 17.3. The zero-order valence-electron chi connectivity index (χ0n) is 14.4. The highest BCUT2D eigenvalue weighted by Crippen LogP contribution is 2.32. The molecule has 2 heterocycles. The third-order valence-corrected chi connectivity index (χ3v) is 4.88. The van der Waals surface area contributed by atoms with Crippen molar-refractivity contribution in [2.24, 2.45) is 0 Å². The molecule has 1 aromatic heterocycles. The number of amides is 1.